The number of pyridine rings is 1. The fraction of sp³-hybridized carbons (Fsp3) is 0.500. The Bertz CT molecular complexity index is 522. The first-order valence-corrected chi connectivity index (χ1v) is 7.23. The van der Waals surface area contributed by atoms with E-state index in [9.17, 15) is 4.79 Å². The summed E-state index contributed by atoms with van der Waals surface area (Å²) in [6.07, 6.45) is 6.71. The molecule has 1 aliphatic heterocycles. The lowest BCUT2D eigenvalue weighted by Crippen LogP contribution is -2.31. The second-order valence-corrected chi connectivity index (χ2v) is 5.54. The Labute approximate surface area is 125 Å². The molecule has 2 rings (SSSR count). The van der Waals surface area contributed by atoms with Gasteiger partial charge in [-0.3, -0.25) is 0 Å². The standard InChI is InChI=1S/C16H22N2O3/c1-12-8-13(5-6-15(19)20)9-17-16(12)18(2)10-14-4-3-7-21-11-14/h5-6,8-9,14H,3-4,7,10-11H2,1-2H3,(H,19,20)/b6-5+. The van der Waals surface area contributed by atoms with Crippen molar-refractivity contribution in [3.05, 3.63) is 29.5 Å². The third-order valence-electron chi connectivity index (χ3n) is 3.64. The lowest BCUT2D eigenvalue weighted by molar-refractivity contribution is -0.131. The van der Waals surface area contributed by atoms with E-state index in [1.165, 1.54) is 6.42 Å². The van der Waals surface area contributed by atoms with Gasteiger partial charge in [-0.25, -0.2) is 9.78 Å². The Morgan fingerprint density at radius 3 is 3.05 bits per heavy atom. The first-order chi connectivity index (χ1) is 10.1. The van der Waals surface area contributed by atoms with Gasteiger partial charge < -0.3 is 14.7 Å². The van der Waals surface area contributed by atoms with E-state index in [-0.39, 0.29) is 0 Å². The summed E-state index contributed by atoms with van der Waals surface area (Å²) < 4.78 is 5.51. The zero-order chi connectivity index (χ0) is 15.2. The molecule has 1 unspecified atom stereocenters. The Morgan fingerprint density at radius 1 is 1.62 bits per heavy atom. The molecule has 0 aliphatic carbocycles. The van der Waals surface area contributed by atoms with Crippen LogP contribution in [0.1, 0.15) is 24.0 Å². The lowest BCUT2D eigenvalue weighted by Gasteiger charge is -2.28. The zero-order valence-electron chi connectivity index (χ0n) is 12.6. The molecule has 1 aromatic heterocycles. The highest BCUT2D eigenvalue weighted by Gasteiger charge is 2.17. The fourth-order valence-electron chi connectivity index (χ4n) is 2.67. The maximum Gasteiger partial charge on any atom is 0.328 e. The minimum absolute atomic E-state index is 0.552. The van der Waals surface area contributed by atoms with Gasteiger partial charge in [0.25, 0.3) is 0 Å². The summed E-state index contributed by atoms with van der Waals surface area (Å²) in [7, 11) is 2.04. The number of aliphatic carboxylic acids is 1. The lowest BCUT2D eigenvalue weighted by atomic mass is 10.0. The molecular formula is C16H22N2O3. The first-order valence-electron chi connectivity index (χ1n) is 7.23. The molecule has 1 saturated heterocycles. The van der Waals surface area contributed by atoms with Crippen LogP contribution in [0, 0.1) is 12.8 Å². The predicted octanol–water partition coefficient (Wildman–Crippen LogP) is 2.35. The Morgan fingerprint density at radius 2 is 2.43 bits per heavy atom. The minimum atomic E-state index is -0.953. The predicted molar refractivity (Wildman–Crippen MR) is 82.5 cm³/mol. The van der Waals surface area contributed by atoms with E-state index < -0.39 is 5.97 Å². The van der Waals surface area contributed by atoms with E-state index in [1.54, 1.807) is 12.3 Å². The molecule has 0 radical (unpaired) electrons. The fourth-order valence-corrected chi connectivity index (χ4v) is 2.67. The van der Waals surface area contributed by atoms with Crippen LogP contribution in [0.3, 0.4) is 0 Å². The van der Waals surface area contributed by atoms with Crippen LogP contribution < -0.4 is 4.90 Å². The molecule has 0 amide bonds. The summed E-state index contributed by atoms with van der Waals surface area (Å²) in [4.78, 5) is 17.1. The van der Waals surface area contributed by atoms with Crippen LogP contribution >= 0.6 is 0 Å². The SMILES string of the molecule is Cc1cc(/C=C/C(=O)O)cnc1N(C)CC1CCCOC1. The number of aryl methyl sites for hydroxylation is 1. The van der Waals surface area contributed by atoms with Crippen molar-refractivity contribution in [3.8, 4) is 0 Å². The van der Waals surface area contributed by atoms with Crippen molar-refractivity contribution >= 4 is 17.9 Å². The molecule has 1 aromatic rings. The van der Waals surface area contributed by atoms with Crippen molar-refractivity contribution in [2.24, 2.45) is 5.92 Å². The van der Waals surface area contributed by atoms with Crippen LogP contribution in [0.15, 0.2) is 18.3 Å². The molecule has 1 fully saturated rings. The van der Waals surface area contributed by atoms with Crippen LogP contribution in [0.2, 0.25) is 0 Å². The van der Waals surface area contributed by atoms with Gasteiger partial charge in [-0.1, -0.05) is 0 Å². The monoisotopic (exact) mass is 290 g/mol. The first kappa shape index (κ1) is 15.5. The maximum absolute atomic E-state index is 10.5. The number of nitrogens with zero attached hydrogens (tertiary/aromatic N) is 2. The van der Waals surface area contributed by atoms with Crippen molar-refractivity contribution in [1.29, 1.82) is 0 Å². The van der Waals surface area contributed by atoms with Crippen LogP contribution in [-0.4, -0.2) is 42.9 Å². The number of carbonyl (C=O) groups is 1. The van der Waals surface area contributed by atoms with Crippen molar-refractivity contribution in [2.45, 2.75) is 19.8 Å². The number of aromatic nitrogens is 1. The number of carboxylic acids is 1. The molecule has 5 heteroatoms. The Kier molecular flexibility index (Phi) is 5.33. The second kappa shape index (κ2) is 7.22. The van der Waals surface area contributed by atoms with Gasteiger partial charge in [0.15, 0.2) is 0 Å². The van der Waals surface area contributed by atoms with E-state index in [1.807, 2.05) is 20.0 Å². The number of carboxylic acid groups (broad SMARTS) is 1. The maximum atomic E-state index is 10.5. The summed E-state index contributed by atoms with van der Waals surface area (Å²) in [6, 6.07) is 1.95. The summed E-state index contributed by atoms with van der Waals surface area (Å²) >= 11 is 0. The van der Waals surface area contributed by atoms with Crippen molar-refractivity contribution in [3.63, 3.8) is 0 Å². The largest absolute Gasteiger partial charge is 0.478 e. The quantitative estimate of drug-likeness (QED) is 0.843. The molecule has 114 valence electrons. The summed E-state index contributed by atoms with van der Waals surface area (Å²) in [5.74, 6) is 0.538. The van der Waals surface area contributed by atoms with Gasteiger partial charge in [-0.2, -0.15) is 0 Å². The molecule has 21 heavy (non-hydrogen) atoms. The highest BCUT2D eigenvalue weighted by molar-refractivity contribution is 5.85. The van der Waals surface area contributed by atoms with Crippen LogP contribution in [0.5, 0.6) is 0 Å². The van der Waals surface area contributed by atoms with E-state index in [0.717, 1.165) is 49.2 Å². The third kappa shape index (κ3) is 4.56. The Hall–Kier alpha value is -1.88. The van der Waals surface area contributed by atoms with E-state index in [2.05, 4.69) is 9.88 Å². The second-order valence-electron chi connectivity index (χ2n) is 5.54. The van der Waals surface area contributed by atoms with Crippen molar-refractivity contribution in [2.75, 3.05) is 31.7 Å². The molecule has 0 aromatic carbocycles. The van der Waals surface area contributed by atoms with Gasteiger partial charge in [-0.05, 0) is 49.0 Å². The number of hydrogen-bond acceptors (Lipinski definition) is 4. The Balaban J connectivity index is 2.03. The highest BCUT2D eigenvalue weighted by atomic mass is 16.5. The average Bonchev–Trinajstić information content (AvgIpc) is 2.46. The van der Waals surface area contributed by atoms with E-state index in [0.29, 0.717) is 5.92 Å². The van der Waals surface area contributed by atoms with Crippen LogP contribution in [0.4, 0.5) is 5.82 Å². The molecule has 1 aliphatic rings. The molecule has 1 N–H and O–H groups in total. The number of ether oxygens (including phenoxy) is 1. The summed E-state index contributed by atoms with van der Waals surface area (Å²) in [5, 5.41) is 8.64. The molecule has 0 spiro atoms. The summed E-state index contributed by atoms with van der Waals surface area (Å²) in [5.41, 5.74) is 1.84. The van der Waals surface area contributed by atoms with Crippen LogP contribution in [0.25, 0.3) is 6.08 Å². The molecule has 1 atom stereocenters. The van der Waals surface area contributed by atoms with Gasteiger partial charge >= 0.3 is 5.97 Å². The van der Waals surface area contributed by atoms with Gasteiger partial charge in [0.05, 0.1) is 6.61 Å². The smallest absolute Gasteiger partial charge is 0.328 e. The van der Waals surface area contributed by atoms with Gasteiger partial charge in [-0.15, -0.1) is 0 Å². The van der Waals surface area contributed by atoms with Crippen molar-refractivity contribution in [1.82, 2.24) is 4.98 Å². The molecule has 2 heterocycles. The summed E-state index contributed by atoms with van der Waals surface area (Å²) in [6.45, 7) is 4.62. The van der Waals surface area contributed by atoms with Gasteiger partial charge in [0.1, 0.15) is 5.82 Å². The minimum Gasteiger partial charge on any atom is -0.478 e. The van der Waals surface area contributed by atoms with Crippen LogP contribution in [-0.2, 0) is 9.53 Å². The highest BCUT2D eigenvalue weighted by Crippen LogP contribution is 2.21. The van der Waals surface area contributed by atoms with Gasteiger partial charge in [0.2, 0.25) is 0 Å². The number of hydrogen-bond donors (Lipinski definition) is 1. The van der Waals surface area contributed by atoms with Crippen molar-refractivity contribution < 1.29 is 14.6 Å². The van der Waals surface area contributed by atoms with Gasteiger partial charge in [0, 0.05) is 32.5 Å². The third-order valence-corrected chi connectivity index (χ3v) is 3.64. The topological polar surface area (TPSA) is 62.7 Å². The van der Waals surface area contributed by atoms with E-state index in [4.69, 9.17) is 9.84 Å². The molecule has 0 bridgehead atoms. The average molecular weight is 290 g/mol. The molecule has 0 saturated carbocycles. The zero-order valence-corrected chi connectivity index (χ0v) is 12.6. The normalized spacial score (nSPS) is 18.9. The number of rotatable bonds is 5. The number of anilines is 1. The van der Waals surface area contributed by atoms with E-state index >= 15 is 0 Å². The molecule has 5 nitrogen and oxygen atoms in total. The molecular weight excluding hydrogens is 268 g/mol.